The van der Waals surface area contributed by atoms with E-state index in [4.69, 9.17) is 9.47 Å². The van der Waals surface area contributed by atoms with E-state index in [1.54, 1.807) is 16.4 Å². The quantitative estimate of drug-likeness (QED) is 0.236. The van der Waals surface area contributed by atoms with Crippen LogP contribution in [0.2, 0.25) is 25.7 Å². The minimum atomic E-state index is -1.47. The molecule has 0 radical (unpaired) electrons. The third-order valence-corrected chi connectivity index (χ3v) is 9.06. The highest BCUT2D eigenvalue weighted by atomic mass is 32.2. The molecule has 0 bridgehead atoms. The van der Waals surface area contributed by atoms with Crippen LogP contribution in [-0.2, 0) is 31.2 Å². The first-order valence-electron chi connectivity index (χ1n) is 10.6. The van der Waals surface area contributed by atoms with E-state index in [1.165, 1.54) is 13.0 Å². The van der Waals surface area contributed by atoms with Crippen molar-refractivity contribution in [1.29, 1.82) is 0 Å². The topological polar surface area (TPSA) is 82.1 Å². The van der Waals surface area contributed by atoms with Crippen molar-refractivity contribution in [1.82, 2.24) is 4.31 Å². The predicted molar refractivity (Wildman–Crippen MR) is 124 cm³/mol. The molecule has 2 atom stereocenters. The molecule has 1 heterocycles. The Bertz CT molecular complexity index is 776. The van der Waals surface area contributed by atoms with Gasteiger partial charge in [0, 0.05) is 31.6 Å². The van der Waals surface area contributed by atoms with Crippen molar-refractivity contribution in [2.45, 2.75) is 69.6 Å². The second-order valence-corrected chi connectivity index (χ2v) is 18.2. The lowest BCUT2D eigenvalue weighted by Gasteiger charge is -2.50. The van der Waals surface area contributed by atoms with Crippen LogP contribution < -0.4 is 0 Å². The van der Waals surface area contributed by atoms with Crippen molar-refractivity contribution >= 4 is 25.4 Å². The summed E-state index contributed by atoms with van der Waals surface area (Å²) in [6.07, 6.45) is 0. The zero-order chi connectivity index (χ0) is 23.6. The maximum absolute atomic E-state index is 15.2. The summed E-state index contributed by atoms with van der Waals surface area (Å²) in [6, 6.07) is 5.46. The van der Waals surface area contributed by atoms with Gasteiger partial charge in [-0.3, -0.25) is 4.79 Å². The fraction of sp³-hybridized carbons (Fsp3) is 0.682. The van der Waals surface area contributed by atoms with E-state index in [0.29, 0.717) is 17.7 Å². The normalized spacial score (nSPS) is 18.5. The molecule has 176 valence electrons. The van der Waals surface area contributed by atoms with E-state index in [-0.39, 0.29) is 19.9 Å². The highest BCUT2D eigenvalue weighted by Crippen LogP contribution is 2.42. The maximum atomic E-state index is 15.2. The van der Waals surface area contributed by atoms with E-state index in [0.717, 1.165) is 6.04 Å². The largest absolute Gasteiger partial charge is 0.597 e. The van der Waals surface area contributed by atoms with E-state index in [1.807, 2.05) is 20.8 Å². The molecule has 6 nitrogen and oxygen atoms in total. The Labute approximate surface area is 189 Å². The van der Waals surface area contributed by atoms with Gasteiger partial charge in [-0.05, 0) is 45.4 Å². The summed E-state index contributed by atoms with van der Waals surface area (Å²) in [5.41, 5.74) is -0.183. The van der Waals surface area contributed by atoms with Crippen LogP contribution in [0.4, 0.5) is 4.39 Å². The third-order valence-electron chi connectivity index (χ3n) is 5.45. The van der Waals surface area contributed by atoms with Gasteiger partial charge in [0.2, 0.25) is 0 Å². The van der Waals surface area contributed by atoms with Crippen LogP contribution in [0, 0.1) is 5.82 Å². The van der Waals surface area contributed by atoms with Crippen molar-refractivity contribution in [3.8, 4) is 0 Å². The zero-order valence-electron chi connectivity index (χ0n) is 19.7. The van der Waals surface area contributed by atoms with Crippen LogP contribution in [0.5, 0.6) is 0 Å². The molecule has 0 aromatic heterocycles. The number of hydrogen-bond donors (Lipinski definition) is 1. The first-order chi connectivity index (χ1) is 14.2. The lowest BCUT2D eigenvalue weighted by atomic mass is 9.86. The Morgan fingerprint density at radius 3 is 2.42 bits per heavy atom. The van der Waals surface area contributed by atoms with Crippen molar-refractivity contribution in [3.05, 3.63) is 35.1 Å². The molecule has 1 aliphatic heterocycles. The number of ether oxygens (including phenoxy) is 2. The van der Waals surface area contributed by atoms with Gasteiger partial charge in [0.05, 0.1) is 19.1 Å². The summed E-state index contributed by atoms with van der Waals surface area (Å²) < 4.78 is 41.3. The first-order valence-corrected chi connectivity index (χ1v) is 15.4. The molecule has 2 unspecified atom stereocenters. The number of nitrogens with zero attached hydrogens (tertiary/aromatic N) is 1. The molecule has 1 aliphatic rings. The Morgan fingerprint density at radius 2 is 2.00 bits per heavy atom. The first kappa shape index (κ1) is 26.3. The number of halogens is 1. The minimum Gasteiger partial charge on any atom is -0.597 e. The van der Waals surface area contributed by atoms with Gasteiger partial charge >= 0.3 is 5.97 Å². The lowest BCUT2D eigenvalue weighted by Crippen LogP contribution is -2.64. The molecular weight excluding hydrogens is 437 g/mol. The summed E-state index contributed by atoms with van der Waals surface area (Å²) in [6.45, 7) is 15.0. The van der Waals surface area contributed by atoms with Gasteiger partial charge in [-0.1, -0.05) is 36.1 Å². The summed E-state index contributed by atoms with van der Waals surface area (Å²) in [5, 5.41) is 9.24. The van der Waals surface area contributed by atoms with Gasteiger partial charge in [-0.15, -0.1) is 0 Å². The molecule has 1 fully saturated rings. The van der Waals surface area contributed by atoms with Crippen molar-refractivity contribution in [3.63, 3.8) is 0 Å². The van der Waals surface area contributed by atoms with Crippen LogP contribution in [0.3, 0.4) is 0 Å². The van der Waals surface area contributed by atoms with Crippen LogP contribution in [0.25, 0.3) is 0 Å². The van der Waals surface area contributed by atoms with Crippen molar-refractivity contribution in [2.75, 3.05) is 26.6 Å². The second-order valence-electron chi connectivity index (χ2n) is 10.4. The molecular formula is C22H36FNO5SSi. The van der Waals surface area contributed by atoms with Gasteiger partial charge in [-0.2, -0.15) is 0 Å². The molecule has 9 heteroatoms. The fourth-order valence-corrected chi connectivity index (χ4v) is 5.35. The molecule has 1 N–H and O–H groups in total. The number of rotatable bonds is 10. The van der Waals surface area contributed by atoms with Crippen molar-refractivity contribution in [2.24, 2.45) is 0 Å². The molecule has 0 saturated carbocycles. The van der Waals surface area contributed by atoms with Crippen molar-refractivity contribution < 1.29 is 28.3 Å². The van der Waals surface area contributed by atoms with E-state index in [2.05, 4.69) is 19.6 Å². The zero-order valence-corrected chi connectivity index (χ0v) is 21.5. The monoisotopic (exact) mass is 473 g/mol. The average molecular weight is 474 g/mol. The van der Waals surface area contributed by atoms with Gasteiger partial charge in [0.25, 0.3) is 0 Å². The minimum absolute atomic E-state index is 0.102. The van der Waals surface area contributed by atoms with Gasteiger partial charge in [0.1, 0.15) is 22.8 Å². The van der Waals surface area contributed by atoms with E-state index in [9.17, 15) is 14.5 Å². The molecule has 1 aromatic carbocycles. The van der Waals surface area contributed by atoms with Gasteiger partial charge in [-0.25, -0.2) is 4.39 Å². The SMILES string of the molecule is CC(C(=O)O)c1ccc(C2(N(COCC[Si](C)(C)C)[S+]([O-])C(C)(C)C)COC2)c(F)c1. The van der Waals surface area contributed by atoms with E-state index < -0.39 is 47.4 Å². The molecule has 1 saturated heterocycles. The summed E-state index contributed by atoms with van der Waals surface area (Å²) in [7, 11) is -1.28. The van der Waals surface area contributed by atoms with Crippen LogP contribution in [0.15, 0.2) is 18.2 Å². The van der Waals surface area contributed by atoms with Gasteiger partial charge < -0.3 is 19.1 Å². The number of carboxylic acids is 1. The molecule has 31 heavy (non-hydrogen) atoms. The Hall–Kier alpha value is -0.973. The summed E-state index contributed by atoms with van der Waals surface area (Å²) in [4.78, 5) is 11.3. The standard InChI is InChI=1S/C22H36FNO5SSi/c1-16(20(25)26)17-8-9-18(19(23)12-17)22(13-29-14-22)24(30(27)21(2,3)4)15-28-10-11-31(5,6)7/h8-9,12,16H,10-11,13-15H2,1-7H3,(H,25,26). The smallest absolute Gasteiger partial charge is 0.310 e. The Balaban J connectivity index is 2.36. The fourth-order valence-electron chi connectivity index (χ4n) is 3.24. The second kappa shape index (κ2) is 9.89. The summed E-state index contributed by atoms with van der Waals surface area (Å²) in [5.74, 6) is -2.35. The van der Waals surface area contributed by atoms with Crippen LogP contribution in [-0.4, -0.2) is 59.3 Å². The average Bonchev–Trinajstić information content (AvgIpc) is 2.60. The van der Waals surface area contributed by atoms with Crippen LogP contribution in [0.1, 0.15) is 44.7 Å². The number of hydrogen-bond acceptors (Lipinski definition) is 5. The number of carboxylic acid groups (broad SMARTS) is 1. The predicted octanol–water partition coefficient (Wildman–Crippen LogP) is 4.32. The summed E-state index contributed by atoms with van der Waals surface area (Å²) >= 11 is -1.47. The van der Waals surface area contributed by atoms with Gasteiger partial charge in [0.15, 0.2) is 0 Å². The molecule has 2 rings (SSSR count). The lowest BCUT2D eigenvalue weighted by molar-refractivity contribution is -0.141. The molecule has 0 spiro atoms. The number of carbonyl (C=O) groups is 1. The number of benzene rings is 1. The third kappa shape index (κ3) is 6.30. The highest BCUT2D eigenvalue weighted by molar-refractivity contribution is 7.90. The Morgan fingerprint density at radius 1 is 1.39 bits per heavy atom. The maximum Gasteiger partial charge on any atom is 0.310 e. The van der Waals surface area contributed by atoms with E-state index >= 15 is 4.39 Å². The molecule has 1 aromatic rings. The molecule has 0 aliphatic carbocycles. The number of aliphatic carboxylic acids is 1. The van der Waals surface area contributed by atoms with Crippen LogP contribution >= 0.6 is 0 Å². The molecule has 0 amide bonds. The highest BCUT2D eigenvalue weighted by Gasteiger charge is 2.55. The Kier molecular flexibility index (Phi) is 8.38.